The number of urea groups is 1. The molecule has 7 nitrogen and oxygen atoms in total. The van der Waals surface area contributed by atoms with E-state index in [1.165, 1.54) is 11.8 Å². The summed E-state index contributed by atoms with van der Waals surface area (Å²) in [6.45, 7) is 16.7. The van der Waals surface area contributed by atoms with Gasteiger partial charge < -0.3 is 10.1 Å². The Morgan fingerprint density at radius 2 is 1.96 bits per heavy atom. The molecule has 2 rings (SSSR count). The molecule has 2 saturated heterocycles. The number of hydrogen-bond donors (Lipinski definition) is 1. The Hall–Kier alpha value is -1.89. The highest BCUT2D eigenvalue weighted by Crippen LogP contribution is 2.51. The summed E-state index contributed by atoms with van der Waals surface area (Å²) in [6.07, 6.45) is 4.14. The zero-order valence-electron chi connectivity index (χ0n) is 18.1. The third-order valence-electron chi connectivity index (χ3n) is 7.21. The van der Waals surface area contributed by atoms with Crippen LogP contribution in [0.25, 0.3) is 0 Å². The minimum atomic E-state index is -0.958. The van der Waals surface area contributed by atoms with E-state index >= 15 is 0 Å². The topological polar surface area (TPSA) is 79.0 Å². The molecule has 3 amide bonds. The Balaban J connectivity index is 2.43. The Labute approximate surface area is 168 Å². The van der Waals surface area contributed by atoms with Crippen molar-refractivity contribution in [1.29, 1.82) is 0 Å². The van der Waals surface area contributed by atoms with E-state index in [4.69, 9.17) is 4.74 Å². The lowest BCUT2D eigenvalue weighted by atomic mass is 9.60. The molecule has 7 heteroatoms. The minimum Gasteiger partial charge on any atom is -0.464 e. The second-order valence-electron chi connectivity index (χ2n) is 8.56. The summed E-state index contributed by atoms with van der Waals surface area (Å²) in [6, 6.07) is -0.405. The van der Waals surface area contributed by atoms with Gasteiger partial charge in [0, 0.05) is 30.5 Å². The standard InChI is InChI=1S/C21H35N3O4/c1-8-11-24-19(6,9-2)14-21(15(4)20(24,7)10-3)17(26)23(18(27)22-21)12-13-28-16(5)25/h8,15H,1,9-14H2,2-7H3,(H,22,27). The molecule has 2 fully saturated rings. The van der Waals surface area contributed by atoms with Gasteiger partial charge in [-0.15, -0.1) is 6.58 Å². The lowest BCUT2D eigenvalue weighted by Crippen LogP contribution is -2.75. The second kappa shape index (κ2) is 7.85. The number of carbonyl (C=O) groups excluding carboxylic acids is 3. The van der Waals surface area contributed by atoms with E-state index in [1.54, 1.807) is 0 Å². The van der Waals surface area contributed by atoms with E-state index < -0.39 is 17.5 Å². The first-order valence-electron chi connectivity index (χ1n) is 10.2. The van der Waals surface area contributed by atoms with E-state index in [9.17, 15) is 14.4 Å². The van der Waals surface area contributed by atoms with E-state index in [-0.39, 0.29) is 36.1 Å². The average Bonchev–Trinajstić information content (AvgIpc) is 2.88. The predicted molar refractivity (Wildman–Crippen MR) is 108 cm³/mol. The molecule has 0 bridgehead atoms. The maximum Gasteiger partial charge on any atom is 0.325 e. The fourth-order valence-corrected chi connectivity index (χ4v) is 5.14. The molecule has 0 aromatic heterocycles. The zero-order valence-corrected chi connectivity index (χ0v) is 18.1. The van der Waals surface area contributed by atoms with Gasteiger partial charge in [-0.1, -0.05) is 26.8 Å². The van der Waals surface area contributed by atoms with Crippen LogP contribution >= 0.6 is 0 Å². The first kappa shape index (κ1) is 22.4. The zero-order chi connectivity index (χ0) is 21.3. The second-order valence-corrected chi connectivity index (χ2v) is 8.56. The number of piperidine rings is 1. The van der Waals surface area contributed by atoms with E-state index in [1.807, 2.05) is 6.08 Å². The van der Waals surface area contributed by atoms with Gasteiger partial charge in [0.15, 0.2) is 0 Å². The summed E-state index contributed by atoms with van der Waals surface area (Å²) >= 11 is 0. The highest BCUT2D eigenvalue weighted by Gasteiger charge is 2.66. The summed E-state index contributed by atoms with van der Waals surface area (Å²) in [7, 11) is 0. The predicted octanol–water partition coefficient (Wildman–Crippen LogP) is 2.71. The first-order chi connectivity index (χ1) is 13.0. The number of amides is 3. The van der Waals surface area contributed by atoms with Gasteiger partial charge in [0.2, 0.25) is 0 Å². The Morgan fingerprint density at radius 1 is 1.32 bits per heavy atom. The normalized spacial score (nSPS) is 35.9. The van der Waals surface area contributed by atoms with Crippen molar-refractivity contribution in [3.8, 4) is 0 Å². The highest BCUT2D eigenvalue weighted by atomic mass is 16.5. The molecule has 2 aliphatic heterocycles. The average molecular weight is 394 g/mol. The van der Waals surface area contributed by atoms with Crippen LogP contribution in [0, 0.1) is 5.92 Å². The van der Waals surface area contributed by atoms with Gasteiger partial charge in [0.05, 0.1) is 6.54 Å². The summed E-state index contributed by atoms with van der Waals surface area (Å²) in [4.78, 5) is 40.9. The number of hydrogen-bond acceptors (Lipinski definition) is 5. The SMILES string of the molecule is C=CCN1C(C)(CC)CC2(NC(=O)N(CCOC(C)=O)C2=O)C(C)C1(C)CC. The van der Waals surface area contributed by atoms with Crippen LogP contribution in [0.2, 0.25) is 0 Å². The van der Waals surface area contributed by atoms with Crippen LogP contribution in [-0.4, -0.2) is 64.0 Å². The Bertz CT molecular complexity index is 666. The number of nitrogens with one attached hydrogen (secondary N) is 1. The molecule has 2 heterocycles. The summed E-state index contributed by atoms with van der Waals surface area (Å²) in [5.41, 5.74) is -1.51. The largest absolute Gasteiger partial charge is 0.464 e. The van der Waals surface area contributed by atoms with Crippen LogP contribution in [0.15, 0.2) is 12.7 Å². The van der Waals surface area contributed by atoms with Gasteiger partial charge in [-0.2, -0.15) is 0 Å². The third kappa shape index (κ3) is 3.34. The van der Waals surface area contributed by atoms with Crippen molar-refractivity contribution in [2.45, 2.75) is 77.4 Å². The molecule has 1 spiro atoms. The Morgan fingerprint density at radius 3 is 2.46 bits per heavy atom. The molecule has 4 atom stereocenters. The molecule has 4 unspecified atom stereocenters. The number of nitrogens with zero attached hydrogens (tertiary/aromatic N) is 2. The molecule has 0 aromatic carbocycles. The molecule has 0 radical (unpaired) electrons. The number of likely N-dealkylation sites (tertiary alicyclic amines) is 1. The number of rotatable bonds is 7. The van der Waals surface area contributed by atoms with Crippen molar-refractivity contribution in [1.82, 2.24) is 15.1 Å². The van der Waals surface area contributed by atoms with Crippen LogP contribution < -0.4 is 5.32 Å². The lowest BCUT2D eigenvalue weighted by Gasteiger charge is -2.63. The molecule has 1 N–H and O–H groups in total. The number of ether oxygens (including phenoxy) is 1. The van der Waals surface area contributed by atoms with Gasteiger partial charge in [0.1, 0.15) is 12.1 Å². The van der Waals surface area contributed by atoms with Crippen LogP contribution in [-0.2, 0) is 14.3 Å². The number of carbonyl (C=O) groups is 3. The van der Waals surface area contributed by atoms with Crippen molar-refractivity contribution >= 4 is 17.9 Å². The molecule has 2 aliphatic rings. The summed E-state index contributed by atoms with van der Waals surface area (Å²) in [5.74, 6) is -0.737. The maximum atomic E-state index is 13.5. The number of imide groups is 1. The molecule has 0 saturated carbocycles. The van der Waals surface area contributed by atoms with Crippen LogP contribution in [0.5, 0.6) is 0 Å². The molecular weight excluding hydrogens is 358 g/mol. The quantitative estimate of drug-likeness (QED) is 0.409. The van der Waals surface area contributed by atoms with Gasteiger partial charge >= 0.3 is 12.0 Å². The molecular formula is C21H35N3O4. The van der Waals surface area contributed by atoms with E-state index in [2.05, 4.69) is 51.4 Å². The van der Waals surface area contributed by atoms with Crippen LogP contribution in [0.4, 0.5) is 4.79 Å². The van der Waals surface area contributed by atoms with Crippen molar-refractivity contribution < 1.29 is 19.1 Å². The van der Waals surface area contributed by atoms with E-state index in [0.29, 0.717) is 6.42 Å². The number of esters is 1. The first-order valence-corrected chi connectivity index (χ1v) is 10.2. The molecule has 0 aromatic rings. The summed E-state index contributed by atoms with van der Waals surface area (Å²) in [5, 5.41) is 3.04. The minimum absolute atomic E-state index is 0.0115. The lowest BCUT2D eigenvalue weighted by molar-refractivity contribution is -0.154. The Kier molecular flexibility index (Phi) is 6.28. The molecule has 0 aliphatic carbocycles. The summed E-state index contributed by atoms with van der Waals surface area (Å²) < 4.78 is 4.94. The monoisotopic (exact) mass is 393 g/mol. The molecule has 28 heavy (non-hydrogen) atoms. The van der Waals surface area contributed by atoms with Crippen LogP contribution in [0.1, 0.15) is 60.8 Å². The van der Waals surface area contributed by atoms with Gasteiger partial charge in [0.25, 0.3) is 5.91 Å². The van der Waals surface area contributed by atoms with Crippen molar-refractivity contribution in [3.63, 3.8) is 0 Å². The smallest absolute Gasteiger partial charge is 0.325 e. The van der Waals surface area contributed by atoms with Crippen LogP contribution in [0.3, 0.4) is 0 Å². The fourth-order valence-electron chi connectivity index (χ4n) is 5.14. The van der Waals surface area contributed by atoms with Gasteiger partial charge in [-0.3, -0.25) is 19.4 Å². The van der Waals surface area contributed by atoms with Gasteiger partial charge in [-0.05, 0) is 33.1 Å². The van der Waals surface area contributed by atoms with Gasteiger partial charge in [-0.25, -0.2) is 4.79 Å². The van der Waals surface area contributed by atoms with Crippen molar-refractivity contribution in [2.24, 2.45) is 5.92 Å². The molecule has 158 valence electrons. The highest BCUT2D eigenvalue weighted by molar-refractivity contribution is 6.07. The van der Waals surface area contributed by atoms with E-state index in [0.717, 1.165) is 19.4 Å². The fraction of sp³-hybridized carbons (Fsp3) is 0.762. The maximum absolute atomic E-state index is 13.5. The van der Waals surface area contributed by atoms with Crippen molar-refractivity contribution in [3.05, 3.63) is 12.7 Å². The van der Waals surface area contributed by atoms with Crippen molar-refractivity contribution in [2.75, 3.05) is 19.7 Å². The third-order valence-corrected chi connectivity index (χ3v) is 7.21.